The van der Waals surface area contributed by atoms with E-state index in [1.807, 2.05) is 30.3 Å². The highest BCUT2D eigenvalue weighted by atomic mass is 19.1. The summed E-state index contributed by atoms with van der Waals surface area (Å²) in [6.07, 6.45) is 1.78. The number of fused-ring (bicyclic) bond motifs is 2. The Labute approximate surface area is 221 Å². The van der Waals surface area contributed by atoms with E-state index in [1.54, 1.807) is 6.07 Å². The van der Waals surface area contributed by atoms with E-state index in [0.717, 1.165) is 49.2 Å². The van der Waals surface area contributed by atoms with E-state index in [-0.39, 0.29) is 29.9 Å². The van der Waals surface area contributed by atoms with Gasteiger partial charge in [-0.05, 0) is 68.2 Å². The Morgan fingerprint density at radius 3 is 2.79 bits per heavy atom. The second-order valence-corrected chi connectivity index (χ2v) is 10.4. The highest BCUT2D eigenvalue weighted by molar-refractivity contribution is 5.82. The number of para-hydroxylation sites is 1. The highest BCUT2D eigenvalue weighted by Gasteiger charge is 2.34. The van der Waals surface area contributed by atoms with E-state index >= 15 is 0 Å². The summed E-state index contributed by atoms with van der Waals surface area (Å²) in [5, 5.41) is 15.6. The average molecular weight is 521 g/mol. The van der Waals surface area contributed by atoms with Crippen LogP contribution in [0.2, 0.25) is 0 Å². The molecule has 3 aliphatic heterocycles. The minimum absolute atomic E-state index is 0.0701. The van der Waals surface area contributed by atoms with E-state index in [4.69, 9.17) is 14.5 Å². The molecule has 200 valence electrons. The van der Waals surface area contributed by atoms with Gasteiger partial charge in [0.2, 0.25) is 5.91 Å². The maximum Gasteiger partial charge on any atom is 0.225 e. The number of nitrogens with one attached hydrogen (secondary N) is 1. The number of aromatic nitrogens is 1. The van der Waals surface area contributed by atoms with E-state index in [2.05, 4.69) is 21.2 Å². The van der Waals surface area contributed by atoms with Gasteiger partial charge in [-0.1, -0.05) is 18.2 Å². The predicted molar refractivity (Wildman–Crippen MR) is 142 cm³/mol. The van der Waals surface area contributed by atoms with Crippen molar-refractivity contribution in [3.05, 3.63) is 59.9 Å². The molecule has 4 heterocycles. The maximum atomic E-state index is 14.7. The van der Waals surface area contributed by atoms with Gasteiger partial charge in [-0.15, -0.1) is 0 Å². The first-order chi connectivity index (χ1) is 18.5. The van der Waals surface area contributed by atoms with Crippen LogP contribution in [0.3, 0.4) is 0 Å². The molecule has 38 heavy (non-hydrogen) atoms. The molecule has 2 unspecified atom stereocenters. The van der Waals surface area contributed by atoms with Crippen LogP contribution in [0.15, 0.2) is 48.5 Å². The number of aliphatic hydroxyl groups is 1. The molecule has 0 radical (unpaired) electrons. The van der Waals surface area contributed by atoms with E-state index in [0.29, 0.717) is 31.7 Å². The zero-order valence-corrected chi connectivity index (χ0v) is 21.3. The molecule has 0 saturated carbocycles. The summed E-state index contributed by atoms with van der Waals surface area (Å²) in [5.74, 6) is 0.311. The number of benzene rings is 2. The Bertz CT molecular complexity index is 1310. The number of ether oxygens (including phenoxy) is 2. The lowest BCUT2D eigenvalue weighted by molar-refractivity contribution is -0.126. The number of carbonyl (C=O) groups excluding carboxylic acids is 1. The number of likely N-dealkylation sites (tertiary alicyclic amines) is 1. The van der Waals surface area contributed by atoms with E-state index < -0.39 is 18.0 Å². The number of aliphatic hydroxyl groups excluding tert-OH is 1. The Morgan fingerprint density at radius 2 is 1.92 bits per heavy atom. The number of pyridine rings is 1. The normalized spacial score (nSPS) is 21.0. The van der Waals surface area contributed by atoms with Crippen molar-refractivity contribution >= 4 is 22.6 Å². The molecule has 3 aromatic rings. The number of hydrogen-bond acceptors (Lipinski definition) is 7. The van der Waals surface area contributed by atoms with Crippen LogP contribution in [-0.4, -0.2) is 72.9 Å². The Morgan fingerprint density at radius 1 is 1.11 bits per heavy atom. The Hall–Kier alpha value is -3.43. The Balaban J connectivity index is 1.17. The zero-order chi connectivity index (χ0) is 26.1. The summed E-state index contributed by atoms with van der Waals surface area (Å²) in [5.41, 5.74) is 1.29. The number of amides is 1. The van der Waals surface area contributed by atoms with Gasteiger partial charge in [-0.2, -0.15) is 0 Å². The predicted octanol–water partition coefficient (Wildman–Crippen LogP) is 3.29. The van der Waals surface area contributed by atoms with Gasteiger partial charge in [0.05, 0.1) is 17.5 Å². The standard InChI is InChI=1S/C29H33FN4O4/c30-22-15-21(16-25-28(22)38-14-13-37-25)27(35)24(18-33-10-3-4-11-33)32-29(36)20-9-12-34(17-20)26-8-7-19-5-1-2-6-23(19)31-26/h1-2,5-8,15-16,20,24,27,35H,3-4,9-14,17-18H2,(H,32,36)/t20-,24?,27?/m0/s1. The third-order valence-corrected chi connectivity index (χ3v) is 7.79. The monoisotopic (exact) mass is 520 g/mol. The second-order valence-electron chi connectivity index (χ2n) is 10.4. The number of nitrogens with zero attached hydrogens (tertiary/aromatic N) is 3. The summed E-state index contributed by atoms with van der Waals surface area (Å²) < 4.78 is 25.7. The van der Waals surface area contributed by atoms with Crippen LogP contribution in [-0.2, 0) is 4.79 Å². The van der Waals surface area contributed by atoms with E-state index in [9.17, 15) is 14.3 Å². The third kappa shape index (κ3) is 5.13. The van der Waals surface area contributed by atoms with Crippen LogP contribution in [0, 0.1) is 11.7 Å². The quantitative estimate of drug-likeness (QED) is 0.495. The van der Waals surface area contributed by atoms with Crippen molar-refractivity contribution in [3.8, 4) is 11.5 Å². The van der Waals surface area contributed by atoms with Crippen molar-refractivity contribution in [2.75, 3.05) is 50.8 Å². The van der Waals surface area contributed by atoms with Gasteiger partial charge in [-0.25, -0.2) is 9.37 Å². The van der Waals surface area contributed by atoms with Gasteiger partial charge in [0.25, 0.3) is 0 Å². The van der Waals surface area contributed by atoms with Crippen LogP contribution in [0.25, 0.3) is 10.9 Å². The summed E-state index contributed by atoms with van der Waals surface area (Å²) in [4.78, 5) is 22.6. The SMILES string of the molecule is O=C(NC(CN1CCCC1)C(O)c1cc(F)c2c(c1)OCCO2)[C@H]1CCN(c2ccc3ccccc3n2)C1. The van der Waals surface area contributed by atoms with Crippen LogP contribution in [0.4, 0.5) is 10.2 Å². The Kier molecular flexibility index (Phi) is 7.04. The van der Waals surface area contributed by atoms with Crippen molar-refractivity contribution in [1.29, 1.82) is 0 Å². The van der Waals surface area contributed by atoms with Crippen molar-refractivity contribution in [2.24, 2.45) is 5.92 Å². The maximum absolute atomic E-state index is 14.7. The molecule has 0 aliphatic carbocycles. The first-order valence-corrected chi connectivity index (χ1v) is 13.5. The third-order valence-electron chi connectivity index (χ3n) is 7.79. The molecule has 1 aromatic heterocycles. The molecule has 3 aliphatic rings. The molecule has 8 nitrogen and oxygen atoms in total. The number of carbonyl (C=O) groups is 1. The molecule has 2 N–H and O–H groups in total. The van der Waals surface area contributed by atoms with Crippen molar-refractivity contribution < 1.29 is 23.8 Å². The first-order valence-electron chi connectivity index (χ1n) is 13.5. The smallest absolute Gasteiger partial charge is 0.225 e. The number of rotatable bonds is 7. The molecular weight excluding hydrogens is 487 g/mol. The topological polar surface area (TPSA) is 87.2 Å². The minimum Gasteiger partial charge on any atom is -0.486 e. The fraction of sp³-hybridized carbons (Fsp3) is 0.448. The molecule has 1 amide bonds. The van der Waals surface area contributed by atoms with Gasteiger partial charge >= 0.3 is 0 Å². The molecule has 2 fully saturated rings. The summed E-state index contributed by atoms with van der Waals surface area (Å²) in [7, 11) is 0. The molecular formula is C29H33FN4O4. The molecule has 2 aromatic carbocycles. The van der Waals surface area contributed by atoms with Crippen molar-refractivity contribution in [1.82, 2.24) is 15.2 Å². The lowest BCUT2D eigenvalue weighted by Gasteiger charge is -2.30. The average Bonchev–Trinajstić information content (AvgIpc) is 3.65. The highest BCUT2D eigenvalue weighted by Crippen LogP contribution is 2.36. The van der Waals surface area contributed by atoms with Gasteiger partial charge in [0, 0.05) is 25.0 Å². The van der Waals surface area contributed by atoms with Crippen molar-refractivity contribution in [3.63, 3.8) is 0 Å². The molecule has 0 bridgehead atoms. The summed E-state index contributed by atoms with van der Waals surface area (Å²) in [6, 6.07) is 14.4. The fourth-order valence-electron chi connectivity index (χ4n) is 5.72. The van der Waals surface area contributed by atoms with Crippen LogP contribution >= 0.6 is 0 Å². The zero-order valence-electron chi connectivity index (χ0n) is 21.3. The lowest BCUT2D eigenvalue weighted by atomic mass is 9.99. The summed E-state index contributed by atoms with van der Waals surface area (Å²) in [6.45, 7) is 4.22. The van der Waals surface area contributed by atoms with Gasteiger partial charge in [-0.3, -0.25) is 4.79 Å². The number of hydrogen-bond donors (Lipinski definition) is 2. The van der Waals surface area contributed by atoms with E-state index in [1.165, 1.54) is 6.07 Å². The molecule has 2 saturated heterocycles. The van der Waals surface area contributed by atoms with Gasteiger partial charge in [0.1, 0.15) is 25.1 Å². The fourth-order valence-corrected chi connectivity index (χ4v) is 5.72. The molecule has 3 atom stereocenters. The number of halogens is 1. The van der Waals surface area contributed by atoms with Gasteiger partial charge < -0.3 is 29.7 Å². The van der Waals surface area contributed by atoms with Crippen molar-refractivity contribution in [2.45, 2.75) is 31.4 Å². The van der Waals surface area contributed by atoms with Crippen LogP contribution in [0.1, 0.15) is 30.9 Å². The minimum atomic E-state index is -1.09. The van der Waals surface area contributed by atoms with Crippen LogP contribution in [0.5, 0.6) is 11.5 Å². The summed E-state index contributed by atoms with van der Waals surface area (Å²) >= 11 is 0. The molecule has 6 rings (SSSR count). The number of anilines is 1. The first kappa shape index (κ1) is 24.9. The molecule has 9 heteroatoms. The second kappa shape index (κ2) is 10.7. The van der Waals surface area contributed by atoms with Gasteiger partial charge in [0.15, 0.2) is 17.3 Å². The van der Waals surface area contributed by atoms with Crippen LogP contribution < -0.4 is 19.7 Å². The largest absolute Gasteiger partial charge is 0.486 e. The lowest BCUT2D eigenvalue weighted by Crippen LogP contribution is -2.48. The molecule has 0 spiro atoms.